The minimum absolute atomic E-state index is 0.262. The Kier molecular flexibility index (Phi) is 15.6. The van der Waals surface area contributed by atoms with E-state index in [1.54, 1.807) is 54.4 Å². The molecule has 0 aliphatic carbocycles. The van der Waals surface area contributed by atoms with Crippen LogP contribution >= 0.6 is 11.8 Å². The maximum absolute atomic E-state index is 11.6. The lowest BCUT2D eigenvalue weighted by Gasteiger charge is -2.51. The van der Waals surface area contributed by atoms with Crippen LogP contribution in [0.1, 0.15) is 65.2 Å². The molecule has 0 radical (unpaired) electrons. The molecule has 4 atom stereocenters. The Morgan fingerprint density at radius 1 is 0.842 bits per heavy atom. The minimum Gasteiger partial charge on any atom is -0.456 e. The molecule has 11 heteroatoms. The van der Waals surface area contributed by atoms with E-state index >= 15 is 0 Å². The molecule has 2 heterocycles. The average Bonchev–Trinajstić information content (AvgIpc) is 2.95. The van der Waals surface area contributed by atoms with Gasteiger partial charge in [-0.1, -0.05) is 46.3 Å². The highest BCUT2D eigenvalue weighted by Gasteiger charge is 2.65. The highest BCUT2D eigenvalue weighted by molar-refractivity contribution is 8.02. The Hall–Kier alpha value is -0.506. The lowest BCUT2D eigenvalue weighted by molar-refractivity contribution is -0.162. The Morgan fingerprint density at radius 2 is 1.32 bits per heavy atom. The molecule has 0 saturated carbocycles. The fourth-order valence-electron chi connectivity index (χ4n) is 6.55. The van der Waals surface area contributed by atoms with Crippen molar-refractivity contribution in [3.8, 4) is 0 Å². The van der Waals surface area contributed by atoms with Crippen LogP contribution in [-0.4, -0.2) is 87.6 Å². The van der Waals surface area contributed by atoms with Crippen LogP contribution in [0.5, 0.6) is 0 Å². The Balaban J connectivity index is 0.000000382. The summed E-state index contributed by atoms with van der Waals surface area (Å²) in [6.45, 7) is 11.6. The normalized spacial score (nSPS) is 30.0. The van der Waals surface area contributed by atoms with Gasteiger partial charge in [-0.2, -0.15) is 0 Å². The summed E-state index contributed by atoms with van der Waals surface area (Å²) < 4.78 is 40.9. The van der Waals surface area contributed by atoms with E-state index in [1.807, 2.05) is 5.41 Å². The molecule has 2 rings (SSSR count). The topological polar surface area (TPSA) is 81.7 Å². The standard InChI is InChI=1S/C14H26O5Si.C13H26O3SSi/c1-6-10-14(16-3)12(19-13(15)7-2)9-8-11-20(14,17-4)18-5;1-6-10-13(14-3)12(17-7-2)9-8-11-18(13,15-4)16-5/h7,12H,2,6,8-11H2,1,3-5H3;7,12H,2,6,8-11H2,1,3-5H3. The molecule has 4 unspecified atom stereocenters. The number of hydrogen-bond acceptors (Lipinski definition) is 9. The second kappa shape index (κ2) is 16.7. The number of carbonyl (C=O) groups excluding carboxylic acids is 1. The summed E-state index contributed by atoms with van der Waals surface area (Å²) in [5, 5.41) is 1.38. The van der Waals surface area contributed by atoms with Gasteiger partial charge < -0.3 is 31.9 Å². The van der Waals surface area contributed by atoms with Gasteiger partial charge in [0.2, 0.25) is 0 Å². The summed E-state index contributed by atoms with van der Waals surface area (Å²) in [6.07, 6.45) is 8.49. The van der Waals surface area contributed by atoms with Crippen molar-refractivity contribution in [1.29, 1.82) is 0 Å². The van der Waals surface area contributed by atoms with Gasteiger partial charge in [0.15, 0.2) is 0 Å². The quantitative estimate of drug-likeness (QED) is 0.141. The van der Waals surface area contributed by atoms with Crippen molar-refractivity contribution in [3.63, 3.8) is 0 Å². The maximum Gasteiger partial charge on any atom is 0.374 e. The molecule has 222 valence electrons. The summed E-state index contributed by atoms with van der Waals surface area (Å²) in [6, 6.07) is 1.86. The Labute approximate surface area is 237 Å². The predicted octanol–water partition coefficient (Wildman–Crippen LogP) is 5.82. The number of hydrogen-bond donors (Lipinski definition) is 0. The lowest BCUT2D eigenvalue weighted by Crippen LogP contribution is -2.71. The molecular formula is C27H52O8SSi2. The number of esters is 1. The van der Waals surface area contributed by atoms with E-state index in [0.29, 0.717) is 5.25 Å². The van der Waals surface area contributed by atoms with Crippen LogP contribution in [-0.2, 0) is 36.7 Å². The van der Waals surface area contributed by atoms with Gasteiger partial charge >= 0.3 is 23.1 Å². The fraction of sp³-hybridized carbons (Fsp3) is 0.815. The Morgan fingerprint density at radius 3 is 1.74 bits per heavy atom. The highest BCUT2D eigenvalue weighted by atomic mass is 32.2. The molecule has 0 N–H and O–H groups in total. The van der Waals surface area contributed by atoms with Crippen LogP contribution in [0.3, 0.4) is 0 Å². The van der Waals surface area contributed by atoms with Crippen LogP contribution in [0.2, 0.25) is 12.1 Å². The average molecular weight is 593 g/mol. The van der Waals surface area contributed by atoms with Crippen molar-refractivity contribution >= 4 is 34.9 Å². The van der Waals surface area contributed by atoms with Gasteiger partial charge in [0, 0.05) is 54.0 Å². The van der Waals surface area contributed by atoms with E-state index in [4.69, 9.17) is 31.9 Å². The summed E-state index contributed by atoms with van der Waals surface area (Å²) in [7, 11) is 5.40. The number of thioether (sulfide) groups is 1. The molecule has 0 aromatic rings. The predicted molar refractivity (Wildman–Crippen MR) is 159 cm³/mol. The van der Waals surface area contributed by atoms with Crippen molar-refractivity contribution in [2.24, 2.45) is 0 Å². The number of ether oxygens (including phenoxy) is 3. The van der Waals surface area contributed by atoms with Crippen LogP contribution in [0.4, 0.5) is 0 Å². The van der Waals surface area contributed by atoms with E-state index in [0.717, 1.165) is 63.5 Å². The molecule has 0 amide bonds. The van der Waals surface area contributed by atoms with Gasteiger partial charge in [-0.05, 0) is 49.6 Å². The molecule has 0 aromatic carbocycles. The van der Waals surface area contributed by atoms with Gasteiger partial charge in [-0.3, -0.25) is 0 Å². The molecular weight excluding hydrogens is 541 g/mol. The molecule has 0 spiro atoms. The SMILES string of the molecule is C=CC(=O)OC1CCC[Si](OC)(OC)C1(CCC)OC.C=CSC1CCC[Si](OC)(OC)C1(CCC)OC. The van der Waals surface area contributed by atoms with Crippen LogP contribution in [0.25, 0.3) is 0 Å². The highest BCUT2D eigenvalue weighted by Crippen LogP contribution is 2.48. The second-order valence-electron chi connectivity index (χ2n) is 9.72. The first kappa shape index (κ1) is 35.5. The monoisotopic (exact) mass is 592 g/mol. The van der Waals surface area contributed by atoms with E-state index in [9.17, 15) is 4.79 Å². The number of carbonyl (C=O) groups is 1. The first-order valence-electron chi connectivity index (χ1n) is 13.6. The molecule has 0 aromatic heterocycles. The molecule has 0 bridgehead atoms. The van der Waals surface area contributed by atoms with Crippen molar-refractivity contribution in [2.45, 2.75) is 99.1 Å². The van der Waals surface area contributed by atoms with Crippen molar-refractivity contribution < 1.29 is 36.7 Å². The largest absolute Gasteiger partial charge is 0.456 e. The fourth-order valence-corrected chi connectivity index (χ4v) is 16.2. The van der Waals surface area contributed by atoms with Crippen molar-refractivity contribution in [3.05, 3.63) is 24.6 Å². The third-order valence-electron chi connectivity index (χ3n) is 8.25. The molecule has 2 saturated heterocycles. The third kappa shape index (κ3) is 6.85. The van der Waals surface area contributed by atoms with E-state index in [-0.39, 0.29) is 11.3 Å². The summed E-state index contributed by atoms with van der Waals surface area (Å²) in [5.74, 6) is -0.426. The summed E-state index contributed by atoms with van der Waals surface area (Å²) >= 11 is 1.77. The van der Waals surface area contributed by atoms with Gasteiger partial charge in [-0.15, -0.1) is 11.8 Å². The molecule has 8 nitrogen and oxygen atoms in total. The zero-order valence-corrected chi connectivity index (χ0v) is 27.8. The number of rotatable bonds is 14. The Bertz CT molecular complexity index is 734. The van der Waals surface area contributed by atoms with E-state index in [1.165, 1.54) is 6.08 Å². The van der Waals surface area contributed by atoms with Crippen molar-refractivity contribution in [1.82, 2.24) is 0 Å². The molecule has 2 aliphatic heterocycles. The minimum atomic E-state index is -2.61. The van der Waals surface area contributed by atoms with Gasteiger partial charge in [0.25, 0.3) is 0 Å². The first-order valence-corrected chi connectivity index (χ1v) is 18.6. The van der Waals surface area contributed by atoms with Crippen LogP contribution in [0, 0.1) is 0 Å². The van der Waals surface area contributed by atoms with Crippen molar-refractivity contribution in [2.75, 3.05) is 42.7 Å². The number of methoxy groups -OCH3 is 2. The maximum atomic E-state index is 11.6. The van der Waals surface area contributed by atoms with E-state index in [2.05, 4.69) is 27.0 Å². The van der Waals surface area contributed by atoms with E-state index < -0.39 is 28.3 Å². The molecule has 2 aliphatic rings. The molecule has 2 fully saturated rings. The zero-order chi connectivity index (χ0) is 28.9. The van der Waals surface area contributed by atoms with Gasteiger partial charge in [-0.25, -0.2) is 4.79 Å². The lowest BCUT2D eigenvalue weighted by atomic mass is 10.0. The smallest absolute Gasteiger partial charge is 0.374 e. The molecule has 38 heavy (non-hydrogen) atoms. The van der Waals surface area contributed by atoms with Crippen LogP contribution in [0.15, 0.2) is 24.6 Å². The summed E-state index contributed by atoms with van der Waals surface area (Å²) in [5.41, 5.74) is 0. The van der Waals surface area contributed by atoms with Crippen LogP contribution < -0.4 is 0 Å². The second-order valence-corrected chi connectivity index (χ2v) is 18.2. The zero-order valence-electron chi connectivity index (χ0n) is 25.0. The van der Waals surface area contributed by atoms with Gasteiger partial charge in [0.1, 0.15) is 16.6 Å². The van der Waals surface area contributed by atoms with Gasteiger partial charge in [0.05, 0.1) is 0 Å². The third-order valence-corrected chi connectivity index (χ3v) is 18.4. The first-order chi connectivity index (χ1) is 18.2. The summed E-state index contributed by atoms with van der Waals surface area (Å²) in [4.78, 5) is 11.6.